The van der Waals surface area contributed by atoms with Crippen LogP contribution in [0.25, 0.3) is 104 Å². The third kappa shape index (κ3) is 3.45. The fourth-order valence-electron chi connectivity index (χ4n) is 9.41. The second-order valence-corrected chi connectivity index (χ2v) is 14.5. The smallest absolute Gasteiger partial charge is 0.235 e. The largest absolute Gasteiger partial charge is 0.278 e. The summed E-state index contributed by atoms with van der Waals surface area (Å²) in [5.41, 5.74) is 7.85. The van der Waals surface area contributed by atoms with Crippen molar-refractivity contribution < 1.29 is 6.85 Å². The fraction of sp³-hybridized carbons (Fsp3) is 0.0612. The van der Waals surface area contributed by atoms with Gasteiger partial charge in [-0.15, -0.1) is 0 Å². The Hall–Kier alpha value is -6.58. The summed E-state index contributed by atoms with van der Waals surface area (Å²) in [7, 11) is 0. The molecule has 9 aromatic carbocycles. The van der Waals surface area contributed by atoms with Crippen LogP contribution in [0.15, 0.2) is 152 Å². The van der Waals surface area contributed by atoms with E-state index in [1.165, 1.54) is 54.6 Å². The van der Waals surface area contributed by atoms with Gasteiger partial charge in [-0.05, 0) is 89.6 Å². The second kappa shape index (κ2) is 9.80. The molecule has 2 aromatic heterocycles. The van der Waals surface area contributed by atoms with Gasteiger partial charge in [-0.25, -0.2) is 9.97 Å². The molecular weight excluding hydrogens is 631 g/mol. The summed E-state index contributed by atoms with van der Waals surface area (Å²) in [5, 5.41) is 12.3. The van der Waals surface area contributed by atoms with Gasteiger partial charge in [0.05, 0.1) is 29.1 Å². The molecular formula is C49H31N3. The first-order chi connectivity index (χ1) is 27.6. The maximum absolute atomic E-state index is 8.92. The zero-order valence-electron chi connectivity index (χ0n) is 33.4. The highest BCUT2D eigenvalue weighted by molar-refractivity contribution is 6.39. The van der Waals surface area contributed by atoms with Gasteiger partial charge < -0.3 is 0 Å². The molecule has 0 aliphatic heterocycles. The van der Waals surface area contributed by atoms with E-state index in [1.54, 1.807) is 0 Å². The Morgan fingerprint density at radius 3 is 2.02 bits per heavy atom. The predicted molar refractivity (Wildman–Crippen MR) is 218 cm³/mol. The highest BCUT2D eigenvalue weighted by Gasteiger charge is 2.37. The molecule has 12 rings (SSSR count). The van der Waals surface area contributed by atoms with Crippen LogP contribution in [0.4, 0.5) is 0 Å². The lowest BCUT2D eigenvalue weighted by atomic mass is 9.80. The molecule has 0 radical (unpaired) electrons. The van der Waals surface area contributed by atoms with E-state index in [1.807, 2.05) is 30.3 Å². The summed E-state index contributed by atoms with van der Waals surface area (Å²) >= 11 is 0. The Labute approximate surface area is 306 Å². The van der Waals surface area contributed by atoms with E-state index < -0.39 is 18.1 Å². The average molecular weight is 667 g/mol. The fourth-order valence-corrected chi connectivity index (χ4v) is 9.41. The first-order valence-corrected chi connectivity index (χ1v) is 17.7. The molecule has 2 heterocycles. The van der Waals surface area contributed by atoms with Crippen LogP contribution >= 0.6 is 0 Å². The summed E-state index contributed by atoms with van der Waals surface area (Å²) < 4.78 is 45.2. The summed E-state index contributed by atoms with van der Waals surface area (Å²) in [6.07, 6.45) is 0. The van der Waals surface area contributed by atoms with Crippen LogP contribution in [0.1, 0.15) is 31.8 Å². The maximum atomic E-state index is 8.92. The van der Waals surface area contributed by atoms with Gasteiger partial charge in [-0.1, -0.05) is 141 Å². The minimum Gasteiger partial charge on any atom is -0.278 e. The van der Waals surface area contributed by atoms with Crippen LogP contribution in [-0.2, 0) is 5.41 Å². The van der Waals surface area contributed by atoms with Crippen molar-refractivity contribution >= 4 is 75.8 Å². The number of para-hydroxylation sites is 2. The topological polar surface area (TPSA) is 30.7 Å². The Bertz CT molecular complexity index is 3590. The van der Waals surface area contributed by atoms with Gasteiger partial charge in [0, 0.05) is 27.1 Å². The summed E-state index contributed by atoms with van der Waals surface area (Å²) in [4.78, 5) is 10.3. The standard InChI is InChI=1S/C49H31N3/c1-49(2)38-23-9-6-16-31(38)45-34-21-12-19-29-30-20-13-22-35-44(30)37(36(43(29)34)26-39(45)49)27-42-46(35)33-18-8-11-25-41(33)52(42)48-50-40-24-10-7-17-32(40)47(51-48)28-14-4-3-5-15-28/h3-27H,1-2H3/i3D,4D,5D,14D,15D. The normalized spacial score (nSPS) is 15.1. The molecule has 0 saturated heterocycles. The number of hydrogen-bond donors (Lipinski definition) is 0. The number of hydrogen-bond acceptors (Lipinski definition) is 2. The number of nitrogens with zero attached hydrogens (tertiary/aromatic N) is 3. The van der Waals surface area contributed by atoms with Crippen LogP contribution < -0.4 is 0 Å². The molecule has 0 fully saturated rings. The van der Waals surface area contributed by atoms with E-state index in [-0.39, 0.29) is 23.1 Å². The molecule has 0 bridgehead atoms. The molecule has 11 aromatic rings. The first kappa shape index (κ1) is 23.8. The van der Waals surface area contributed by atoms with Gasteiger partial charge in [0.1, 0.15) is 0 Å². The molecule has 0 unspecified atom stereocenters. The van der Waals surface area contributed by atoms with E-state index in [2.05, 4.69) is 109 Å². The van der Waals surface area contributed by atoms with Gasteiger partial charge >= 0.3 is 0 Å². The summed E-state index contributed by atoms with van der Waals surface area (Å²) in [6.45, 7) is 4.66. The lowest BCUT2D eigenvalue weighted by Gasteiger charge is -2.23. The lowest BCUT2D eigenvalue weighted by Crippen LogP contribution is -2.14. The molecule has 3 heteroatoms. The average Bonchev–Trinajstić information content (AvgIpc) is 3.69. The molecule has 1 aliphatic carbocycles. The van der Waals surface area contributed by atoms with E-state index in [0.29, 0.717) is 22.5 Å². The van der Waals surface area contributed by atoms with Gasteiger partial charge in [0.25, 0.3) is 0 Å². The van der Waals surface area contributed by atoms with E-state index in [4.69, 9.17) is 16.8 Å². The summed E-state index contributed by atoms with van der Waals surface area (Å²) in [6, 6.07) is 40.9. The molecule has 242 valence electrons. The van der Waals surface area contributed by atoms with Crippen molar-refractivity contribution in [2.45, 2.75) is 19.3 Å². The van der Waals surface area contributed by atoms with Crippen molar-refractivity contribution in [3.63, 3.8) is 0 Å². The first-order valence-electron chi connectivity index (χ1n) is 20.2. The predicted octanol–water partition coefficient (Wildman–Crippen LogP) is 12.8. The van der Waals surface area contributed by atoms with Crippen molar-refractivity contribution in [2.75, 3.05) is 0 Å². The number of fused-ring (bicyclic) bond motifs is 11. The maximum Gasteiger partial charge on any atom is 0.235 e. The molecule has 3 nitrogen and oxygen atoms in total. The van der Waals surface area contributed by atoms with Crippen molar-refractivity contribution in [3.05, 3.63) is 163 Å². The number of aromatic nitrogens is 3. The monoisotopic (exact) mass is 666 g/mol. The van der Waals surface area contributed by atoms with Gasteiger partial charge in [0.2, 0.25) is 5.95 Å². The Morgan fingerprint density at radius 1 is 0.519 bits per heavy atom. The third-order valence-corrected chi connectivity index (χ3v) is 11.6. The summed E-state index contributed by atoms with van der Waals surface area (Å²) in [5.74, 6) is 0.358. The molecule has 0 amide bonds. The molecule has 1 aliphatic rings. The molecule has 0 atom stereocenters. The minimum atomic E-state index is -0.440. The molecule has 0 spiro atoms. The second-order valence-electron chi connectivity index (χ2n) is 14.5. The van der Waals surface area contributed by atoms with E-state index in [0.717, 1.165) is 32.6 Å². The zero-order valence-corrected chi connectivity index (χ0v) is 28.4. The van der Waals surface area contributed by atoms with Crippen molar-refractivity contribution in [3.8, 4) is 28.3 Å². The van der Waals surface area contributed by atoms with E-state index in [9.17, 15) is 0 Å². The number of rotatable bonds is 2. The van der Waals surface area contributed by atoms with Gasteiger partial charge in [-0.3, -0.25) is 4.57 Å². The Morgan fingerprint density at radius 2 is 1.17 bits per heavy atom. The van der Waals surface area contributed by atoms with Crippen LogP contribution in [0, 0.1) is 0 Å². The van der Waals surface area contributed by atoms with Crippen LogP contribution in [0.2, 0.25) is 0 Å². The van der Waals surface area contributed by atoms with Crippen molar-refractivity contribution in [1.82, 2.24) is 14.5 Å². The lowest BCUT2D eigenvalue weighted by molar-refractivity contribution is 0.661. The highest BCUT2D eigenvalue weighted by atomic mass is 15.2. The van der Waals surface area contributed by atoms with Crippen LogP contribution in [0.3, 0.4) is 0 Å². The molecule has 52 heavy (non-hydrogen) atoms. The highest BCUT2D eigenvalue weighted by Crippen LogP contribution is 2.55. The van der Waals surface area contributed by atoms with Crippen LogP contribution in [0.5, 0.6) is 0 Å². The quantitative estimate of drug-likeness (QED) is 0.136. The van der Waals surface area contributed by atoms with Crippen LogP contribution in [-0.4, -0.2) is 14.5 Å². The Balaban J connectivity index is 1.27. The SMILES string of the molecule is [2H]c1c([2H])c([2H])c(-c2nc(-n3c4ccccc4c4c5cccc6c7cccc8c9c(cc(c(cc43)c65)c87)C(C)(C)c3ccccc3-9)nc3ccccc23)c([2H])c1[2H]. The molecule has 0 N–H and O–H groups in total. The van der Waals surface area contributed by atoms with Gasteiger partial charge in [0.15, 0.2) is 0 Å². The van der Waals surface area contributed by atoms with Gasteiger partial charge in [-0.2, -0.15) is 0 Å². The third-order valence-electron chi connectivity index (χ3n) is 11.6. The van der Waals surface area contributed by atoms with E-state index >= 15 is 0 Å². The van der Waals surface area contributed by atoms with Crippen molar-refractivity contribution in [1.29, 1.82) is 0 Å². The zero-order chi connectivity index (χ0) is 38.6. The van der Waals surface area contributed by atoms with Crippen molar-refractivity contribution in [2.24, 2.45) is 0 Å². The number of benzene rings is 9. The Kier molecular flexibility index (Phi) is 4.48. The molecule has 0 saturated carbocycles. The minimum absolute atomic E-state index is 0.0487.